The van der Waals surface area contributed by atoms with E-state index in [0.29, 0.717) is 10.7 Å². The number of halogens is 1. The van der Waals surface area contributed by atoms with E-state index in [1.54, 1.807) is 38.1 Å². The van der Waals surface area contributed by atoms with Crippen LogP contribution in [0.3, 0.4) is 0 Å². The number of carbonyl (C=O) groups excluding carboxylic acids is 2. The molecule has 1 unspecified atom stereocenters. The fourth-order valence-corrected chi connectivity index (χ4v) is 1.74. The van der Waals surface area contributed by atoms with E-state index >= 15 is 0 Å². The minimum Gasteiger partial charge on any atom is -0.464 e. The summed E-state index contributed by atoms with van der Waals surface area (Å²) in [6.45, 7) is 7.38. The molecule has 1 rings (SSSR count). The van der Waals surface area contributed by atoms with Crippen LogP contribution in [0.25, 0.3) is 0 Å². The molecule has 0 bridgehead atoms. The SMILES string of the molecule is C=C(C(=O)CC)C(Nc1ccc(Cl)cc1)C(=O)OCC. The second-order valence-corrected chi connectivity index (χ2v) is 4.57. The third-order valence-corrected chi connectivity index (χ3v) is 2.96. The predicted molar refractivity (Wildman–Crippen MR) is 79.9 cm³/mol. The Morgan fingerprint density at radius 3 is 2.40 bits per heavy atom. The van der Waals surface area contributed by atoms with E-state index in [4.69, 9.17) is 16.3 Å². The van der Waals surface area contributed by atoms with Gasteiger partial charge in [-0.25, -0.2) is 4.79 Å². The average Bonchev–Trinajstić information content (AvgIpc) is 2.45. The zero-order valence-corrected chi connectivity index (χ0v) is 12.4. The summed E-state index contributed by atoms with van der Waals surface area (Å²) < 4.78 is 4.98. The molecule has 1 aromatic rings. The van der Waals surface area contributed by atoms with E-state index in [2.05, 4.69) is 11.9 Å². The van der Waals surface area contributed by atoms with Gasteiger partial charge in [0.1, 0.15) is 0 Å². The number of hydrogen-bond acceptors (Lipinski definition) is 4. The summed E-state index contributed by atoms with van der Waals surface area (Å²) in [7, 11) is 0. The monoisotopic (exact) mass is 295 g/mol. The molecule has 0 aliphatic carbocycles. The quantitative estimate of drug-likeness (QED) is 0.620. The molecule has 20 heavy (non-hydrogen) atoms. The number of carbonyl (C=O) groups is 2. The van der Waals surface area contributed by atoms with Crippen molar-refractivity contribution in [1.29, 1.82) is 0 Å². The topological polar surface area (TPSA) is 55.4 Å². The van der Waals surface area contributed by atoms with Crippen molar-refractivity contribution in [3.05, 3.63) is 41.4 Å². The lowest BCUT2D eigenvalue weighted by Gasteiger charge is -2.19. The Kier molecular flexibility index (Phi) is 6.25. The molecule has 5 heteroatoms. The molecule has 0 heterocycles. The maximum atomic E-state index is 12.0. The third-order valence-electron chi connectivity index (χ3n) is 2.71. The Hall–Kier alpha value is -1.81. The normalized spacial score (nSPS) is 11.6. The van der Waals surface area contributed by atoms with Gasteiger partial charge in [0.05, 0.1) is 6.61 Å². The molecule has 0 amide bonds. The summed E-state index contributed by atoms with van der Waals surface area (Å²) in [5.74, 6) is -0.696. The summed E-state index contributed by atoms with van der Waals surface area (Å²) >= 11 is 5.80. The lowest BCUT2D eigenvalue weighted by atomic mass is 10.0. The first kappa shape index (κ1) is 16.2. The molecule has 0 aliphatic rings. The molecule has 1 aromatic carbocycles. The maximum absolute atomic E-state index is 12.0. The molecule has 1 atom stereocenters. The van der Waals surface area contributed by atoms with Gasteiger partial charge in [0.15, 0.2) is 11.8 Å². The van der Waals surface area contributed by atoms with Crippen LogP contribution in [0.15, 0.2) is 36.4 Å². The van der Waals surface area contributed by atoms with Gasteiger partial charge in [-0.3, -0.25) is 4.79 Å². The first-order valence-electron chi connectivity index (χ1n) is 6.40. The smallest absolute Gasteiger partial charge is 0.333 e. The number of ether oxygens (including phenoxy) is 1. The molecule has 0 aromatic heterocycles. The summed E-state index contributed by atoms with van der Waals surface area (Å²) in [5.41, 5.74) is 0.860. The fourth-order valence-electron chi connectivity index (χ4n) is 1.61. The molecule has 0 fully saturated rings. The van der Waals surface area contributed by atoms with E-state index < -0.39 is 12.0 Å². The summed E-state index contributed by atoms with van der Waals surface area (Å²) in [4.78, 5) is 23.7. The van der Waals surface area contributed by atoms with Gasteiger partial charge in [-0.15, -0.1) is 0 Å². The molecular formula is C15H18ClNO3. The molecule has 0 radical (unpaired) electrons. The van der Waals surface area contributed by atoms with E-state index in [1.807, 2.05) is 0 Å². The van der Waals surface area contributed by atoms with Crippen LogP contribution in [-0.2, 0) is 14.3 Å². The Labute approximate surface area is 123 Å². The zero-order chi connectivity index (χ0) is 15.1. The molecule has 0 saturated heterocycles. The van der Waals surface area contributed by atoms with Crippen molar-refractivity contribution in [3.8, 4) is 0 Å². The highest BCUT2D eigenvalue weighted by molar-refractivity contribution is 6.30. The number of esters is 1. The third kappa shape index (κ3) is 4.38. The number of nitrogens with one attached hydrogen (secondary N) is 1. The highest BCUT2D eigenvalue weighted by atomic mass is 35.5. The fraction of sp³-hybridized carbons (Fsp3) is 0.333. The van der Waals surface area contributed by atoms with Crippen molar-refractivity contribution < 1.29 is 14.3 Å². The largest absolute Gasteiger partial charge is 0.464 e. The number of benzene rings is 1. The number of rotatable bonds is 7. The number of hydrogen-bond donors (Lipinski definition) is 1. The van der Waals surface area contributed by atoms with Crippen LogP contribution in [0.1, 0.15) is 20.3 Å². The van der Waals surface area contributed by atoms with Crippen LogP contribution in [0.5, 0.6) is 0 Å². The van der Waals surface area contributed by atoms with E-state index in [9.17, 15) is 9.59 Å². The molecule has 0 aliphatic heterocycles. The average molecular weight is 296 g/mol. The lowest BCUT2D eigenvalue weighted by molar-refractivity contribution is -0.143. The summed E-state index contributed by atoms with van der Waals surface area (Å²) in [6.07, 6.45) is 0.289. The molecule has 108 valence electrons. The first-order valence-corrected chi connectivity index (χ1v) is 6.78. The Balaban J connectivity index is 2.92. The van der Waals surface area contributed by atoms with Crippen molar-refractivity contribution in [2.75, 3.05) is 11.9 Å². The summed E-state index contributed by atoms with van der Waals surface area (Å²) in [5, 5.41) is 3.54. The summed E-state index contributed by atoms with van der Waals surface area (Å²) in [6, 6.07) is 5.94. The number of ketones is 1. The zero-order valence-electron chi connectivity index (χ0n) is 11.6. The standard InChI is InChI=1S/C15H18ClNO3/c1-4-13(18)10(3)14(15(19)20-5-2)17-12-8-6-11(16)7-9-12/h6-9,14,17H,3-5H2,1-2H3. The molecule has 4 nitrogen and oxygen atoms in total. The highest BCUT2D eigenvalue weighted by Gasteiger charge is 2.26. The Morgan fingerprint density at radius 2 is 1.90 bits per heavy atom. The van der Waals surface area contributed by atoms with Gasteiger partial charge >= 0.3 is 5.97 Å². The second kappa shape index (κ2) is 7.70. The predicted octanol–water partition coefficient (Wildman–Crippen LogP) is 3.22. The molecule has 1 N–H and O–H groups in total. The van der Waals surface area contributed by atoms with E-state index in [1.165, 1.54) is 0 Å². The van der Waals surface area contributed by atoms with Gasteiger partial charge in [0.2, 0.25) is 0 Å². The van der Waals surface area contributed by atoms with Crippen molar-refractivity contribution in [1.82, 2.24) is 0 Å². The van der Waals surface area contributed by atoms with Crippen molar-refractivity contribution in [3.63, 3.8) is 0 Å². The van der Waals surface area contributed by atoms with Crippen LogP contribution in [-0.4, -0.2) is 24.4 Å². The van der Waals surface area contributed by atoms with Crippen molar-refractivity contribution in [2.45, 2.75) is 26.3 Å². The molecular weight excluding hydrogens is 278 g/mol. The lowest BCUT2D eigenvalue weighted by Crippen LogP contribution is -2.35. The minimum atomic E-state index is -0.886. The van der Waals surface area contributed by atoms with Gasteiger partial charge in [0.25, 0.3) is 0 Å². The molecule has 0 spiro atoms. The second-order valence-electron chi connectivity index (χ2n) is 4.14. The van der Waals surface area contributed by atoms with Crippen LogP contribution >= 0.6 is 11.6 Å². The van der Waals surface area contributed by atoms with E-state index in [0.717, 1.165) is 0 Å². The Bertz CT molecular complexity index is 496. The van der Waals surface area contributed by atoms with Crippen LogP contribution < -0.4 is 5.32 Å². The number of anilines is 1. The highest BCUT2D eigenvalue weighted by Crippen LogP contribution is 2.17. The van der Waals surface area contributed by atoms with Gasteiger partial charge < -0.3 is 10.1 Å². The minimum absolute atomic E-state index is 0.176. The van der Waals surface area contributed by atoms with Gasteiger partial charge in [0, 0.05) is 22.7 Å². The van der Waals surface area contributed by atoms with Gasteiger partial charge in [-0.05, 0) is 31.2 Å². The van der Waals surface area contributed by atoms with Crippen LogP contribution in [0.2, 0.25) is 5.02 Å². The van der Waals surface area contributed by atoms with Gasteiger partial charge in [-0.1, -0.05) is 25.1 Å². The van der Waals surface area contributed by atoms with Crippen LogP contribution in [0.4, 0.5) is 5.69 Å². The maximum Gasteiger partial charge on any atom is 0.333 e. The number of Topliss-reactive ketones (excluding diaryl/α,β-unsaturated/α-hetero) is 1. The Morgan fingerprint density at radius 1 is 1.30 bits per heavy atom. The molecule has 0 saturated carbocycles. The van der Waals surface area contributed by atoms with E-state index in [-0.39, 0.29) is 24.4 Å². The van der Waals surface area contributed by atoms with Crippen molar-refractivity contribution >= 4 is 29.0 Å². The van der Waals surface area contributed by atoms with Crippen LogP contribution in [0, 0.1) is 0 Å². The first-order chi connectivity index (χ1) is 9.49. The van der Waals surface area contributed by atoms with Gasteiger partial charge in [-0.2, -0.15) is 0 Å². The van der Waals surface area contributed by atoms with Crippen molar-refractivity contribution in [2.24, 2.45) is 0 Å².